The van der Waals surface area contributed by atoms with Crippen molar-refractivity contribution in [3.05, 3.63) is 54.0 Å². The summed E-state index contributed by atoms with van der Waals surface area (Å²) in [6, 6.07) is 14.0. The molecule has 4 rings (SSSR count). The van der Waals surface area contributed by atoms with E-state index in [0.29, 0.717) is 24.9 Å². The molecule has 1 fully saturated rings. The molecule has 3 aromatic rings. The molecule has 152 valence electrons. The highest BCUT2D eigenvalue weighted by Crippen LogP contribution is 2.24. The van der Waals surface area contributed by atoms with E-state index in [1.807, 2.05) is 54.1 Å². The molecule has 1 aromatic carbocycles. The van der Waals surface area contributed by atoms with Crippen molar-refractivity contribution in [3.63, 3.8) is 0 Å². The molecule has 0 spiro atoms. The highest BCUT2D eigenvalue weighted by Gasteiger charge is 2.21. The van der Waals surface area contributed by atoms with Crippen LogP contribution < -0.4 is 4.90 Å². The van der Waals surface area contributed by atoms with Crippen molar-refractivity contribution in [1.82, 2.24) is 19.7 Å². The fourth-order valence-electron chi connectivity index (χ4n) is 3.36. The summed E-state index contributed by atoms with van der Waals surface area (Å²) in [7, 11) is 1.54. The van der Waals surface area contributed by atoms with Gasteiger partial charge in [-0.3, -0.25) is 0 Å². The van der Waals surface area contributed by atoms with E-state index in [9.17, 15) is 5.11 Å². The molecule has 1 aliphatic rings. The van der Waals surface area contributed by atoms with Gasteiger partial charge in [-0.2, -0.15) is 5.10 Å². The molecule has 3 heterocycles. The van der Waals surface area contributed by atoms with E-state index in [-0.39, 0.29) is 6.61 Å². The Kier molecular flexibility index (Phi) is 5.84. The third kappa shape index (κ3) is 4.14. The van der Waals surface area contributed by atoms with Crippen molar-refractivity contribution < 1.29 is 14.6 Å². The Hall–Kier alpha value is -2.81. The largest absolute Gasteiger partial charge is 0.393 e. The third-order valence-corrected chi connectivity index (χ3v) is 4.96. The zero-order chi connectivity index (χ0) is 20.2. The van der Waals surface area contributed by atoms with Crippen LogP contribution in [0.25, 0.3) is 17.1 Å². The minimum absolute atomic E-state index is 0.199. The Balaban J connectivity index is 1.78. The average Bonchev–Trinajstić information content (AvgIpc) is 3.17. The maximum Gasteiger partial charge on any atom is 0.164 e. The Morgan fingerprint density at radius 2 is 1.83 bits per heavy atom. The number of hydrogen-bond donors (Lipinski definition) is 1. The number of morpholine rings is 1. The van der Waals surface area contributed by atoms with E-state index in [1.54, 1.807) is 0 Å². The Labute approximate surface area is 169 Å². The van der Waals surface area contributed by atoms with Crippen molar-refractivity contribution >= 4 is 5.82 Å². The van der Waals surface area contributed by atoms with Crippen molar-refractivity contribution in [2.24, 2.45) is 0 Å². The zero-order valence-electron chi connectivity index (χ0n) is 16.7. The van der Waals surface area contributed by atoms with Crippen LogP contribution in [0.15, 0.2) is 42.5 Å². The molecular formula is C21H25N5O3. The van der Waals surface area contributed by atoms with Crippen LogP contribution in [0.2, 0.25) is 0 Å². The summed E-state index contributed by atoms with van der Waals surface area (Å²) in [5.41, 5.74) is 2.88. The van der Waals surface area contributed by atoms with Crippen molar-refractivity contribution in [3.8, 4) is 17.1 Å². The van der Waals surface area contributed by atoms with Crippen LogP contribution in [-0.2, 0) is 9.47 Å². The van der Waals surface area contributed by atoms with Crippen LogP contribution in [0.4, 0.5) is 5.82 Å². The lowest BCUT2D eigenvalue weighted by molar-refractivity contribution is 0.0422. The standard InChI is InChI=1S/C21H25N5O3/c1-15-12-17(16-6-4-3-5-7-16)24-26(15)20-13-19(25-8-10-29-11-9-25)22-21(23-20)18(14-27)28-2/h3-7,12-13,18,27H,8-11,14H2,1-2H3. The number of aliphatic hydroxyl groups is 1. The lowest BCUT2D eigenvalue weighted by Gasteiger charge is -2.28. The second-order valence-electron chi connectivity index (χ2n) is 6.90. The average molecular weight is 395 g/mol. The second kappa shape index (κ2) is 8.69. The number of anilines is 1. The first kappa shape index (κ1) is 19.5. The first-order chi connectivity index (χ1) is 14.2. The van der Waals surface area contributed by atoms with Gasteiger partial charge in [0, 0.05) is 37.5 Å². The summed E-state index contributed by atoms with van der Waals surface area (Å²) >= 11 is 0. The Bertz CT molecular complexity index is 950. The lowest BCUT2D eigenvalue weighted by Crippen LogP contribution is -2.37. The second-order valence-corrected chi connectivity index (χ2v) is 6.90. The van der Waals surface area contributed by atoms with Gasteiger partial charge in [-0.15, -0.1) is 0 Å². The quantitative estimate of drug-likeness (QED) is 0.684. The van der Waals surface area contributed by atoms with Crippen LogP contribution in [0.1, 0.15) is 17.6 Å². The first-order valence-electron chi connectivity index (χ1n) is 9.67. The lowest BCUT2D eigenvalue weighted by atomic mass is 10.1. The number of hydrogen-bond acceptors (Lipinski definition) is 7. The highest BCUT2D eigenvalue weighted by atomic mass is 16.5. The van der Waals surface area contributed by atoms with Gasteiger partial charge in [-0.1, -0.05) is 30.3 Å². The number of rotatable bonds is 6. The van der Waals surface area contributed by atoms with E-state index in [4.69, 9.17) is 14.6 Å². The summed E-state index contributed by atoms with van der Waals surface area (Å²) in [6.07, 6.45) is -0.598. The van der Waals surface area contributed by atoms with Gasteiger partial charge in [0.15, 0.2) is 11.6 Å². The highest BCUT2D eigenvalue weighted by molar-refractivity contribution is 5.60. The zero-order valence-corrected chi connectivity index (χ0v) is 16.7. The molecule has 0 aliphatic carbocycles. The number of nitrogens with zero attached hydrogens (tertiary/aromatic N) is 5. The number of benzene rings is 1. The molecule has 29 heavy (non-hydrogen) atoms. The fraction of sp³-hybridized carbons (Fsp3) is 0.381. The minimum atomic E-state index is -0.598. The predicted octanol–water partition coefficient (Wildman–Crippen LogP) is 2.15. The topological polar surface area (TPSA) is 85.5 Å². The van der Waals surface area contributed by atoms with E-state index < -0.39 is 6.10 Å². The summed E-state index contributed by atoms with van der Waals surface area (Å²) in [4.78, 5) is 11.5. The molecule has 1 unspecified atom stereocenters. The maximum atomic E-state index is 9.69. The molecule has 1 saturated heterocycles. The van der Waals surface area contributed by atoms with Crippen molar-refractivity contribution in [1.29, 1.82) is 0 Å². The number of aryl methyl sites for hydroxylation is 1. The number of ether oxygens (including phenoxy) is 2. The SMILES string of the molecule is COC(CO)c1nc(N2CCOCC2)cc(-n2nc(-c3ccccc3)cc2C)n1. The Morgan fingerprint density at radius 1 is 1.10 bits per heavy atom. The molecule has 8 nitrogen and oxygen atoms in total. The first-order valence-corrected chi connectivity index (χ1v) is 9.67. The number of aromatic nitrogens is 4. The van der Waals surface area contributed by atoms with Gasteiger partial charge < -0.3 is 19.5 Å². The van der Waals surface area contributed by atoms with Gasteiger partial charge in [-0.25, -0.2) is 14.6 Å². The summed E-state index contributed by atoms with van der Waals surface area (Å²) < 4.78 is 12.6. The predicted molar refractivity (Wildman–Crippen MR) is 109 cm³/mol. The molecule has 1 N–H and O–H groups in total. The molecule has 1 atom stereocenters. The fourth-order valence-corrected chi connectivity index (χ4v) is 3.36. The molecule has 0 saturated carbocycles. The minimum Gasteiger partial charge on any atom is -0.393 e. The molecule has 2 aromatic heterocycles. The van der Waals surface area contributed by atoms with Crippen LogP contribution >= 0.6 is 0 Å². The molecule has 0 bridgehead atoms. The van der Waals surface area contributed by atoms with Gasteiger partial charge in [-0.05, 0) is 13.0 Å². The molecule has 8 heteroatoms. The van der Waals surface area contributed by atoms with Crippen LogP contribution in [0, 0.1) is 6.92 Å². The third-order valence-electron chi connectivity index (χ3n) is 4.96. The van der Waals surface area contributed by atoms with Crippen LogP contribution in [0.5, 0.6) is 0 Å². The number of aliphatic hydroxyl groups excluding tert-OH is 1. The molecular weight excluding hydrogens is 370 g/mol. The van der Waals surface area contributed by atoms with Gasteiger partial charge >= 0.3 is 0 Å². The van der Waals surface area contributed by atoms with Crippen LogP contribution in [-0.4, -0.2) is 64.9 Å². The van der Waals surface area contributed by atoms with Gasteiger partial charge in [0.05, 0.1) is 25.5 Å². The van der Waals surface area contributed by atoms with Crippen LogP contribution in [0.3, 0.4) is 0 Å². The summed E-state index contributed by atoms with van der Waals surface area (Å²) in [5.74, 6) is 1.86. The molecule has 0 radical (unpaired) electrons. The van der Waals surface area contributed by atoms with E-state index in [1.165, 1.54) is 7.11 Å². The van der Waals surface area contributed by atoms with Gasteiger partial charge in [0.25, 0.3) is 0 Å². The van der Waals surface area contributed by atoms with Gasteiger partial charge in [0.2, 0.25) is 0 Å². The van der Waals surface area contributed by atoms with E-state index in [0.717, 1.165) is 35.9 Å². The normalized spacial score (nSPS) is 15.5. The number of methoxy groups -OCH3 is 1. The van der Waals surface area contributed by atoms with E-state index >= 15 is 0 Å². The monoisotopic (exact) mass is 395 g/mol. The molecule has 0 amide bonds. The molecule has 1 aliphatic heterocycles. The van der Waals surface area contributed by atoms with Crippen molar-refractivity contribution in [2.75, 3.05) is 44.9 Å². The van der Waals surface area contributed by atoms with Gasteiger partial charge in [0.1, 0.15) is 11.9 Å². The van der Waals surface area contributed by atoms with Crippen molar-refractivity contribution in [2.45, 2.75) is 13.0 Å². The Morgan fingerprint density at radius 3 is 2.52 bits per heavy atom. The van der Waals surface area contributed by atoms with E-state index in [2.05, 4.69) is 14.9 Å². The summed E-state index contributed by atoms with van der Waals surface area (Å²) in [6.45, 7) is 4.61. The summed E-state index contributed by atoms with van der Waals surface area (Å²) in [5, 5.41) is 14.5. The smallest absolute Gasteiger partial charge is 0.164 e. The maximum absolute atomic E-state index is 9.69.